The zero-order valence-corrected chi connectivity index (χ0v) is 28.8. The maximum Gasteiger partial charge on any atom is 0.124 e. The number of rotatable bonds is 7. The molecule has 0 saturated carbocycles. The summed E-state index contributed by atoms with van der Waals surface area (Å²) in [6, 6.07) is 62.9. The van der Waals surface area contributed by atoms with E-state index in [9.17, 15) is 0 Å². The third-order valence-corrected chi connectivity index (χ3v) is 10.9. The molecule has 1 aromatic heterocycles. The van der Waals surface area contributed by atoms with Crippen molar-refractivity contribution in [1.82, 2.24) is 4.98 Å². The van der Waals surface area contributed by atoms with Gasteiger partial charge in [-0.3, -0.25) is 0 Å². The summed E-state index contributed by atoms with van der Waals surface area (Å²) in [5.74, 6) is 0. The first kappa shape index (κ1) is 30.1. The fourth-order valence-corrected chi connectivity index (χ4v) is 8.38. The van der Waals surface area contributed by atoms with E-state index in [2.05, 4.69) is 200 Å². The highest BCUT2D eigenvalue weighted by Gasteiger charge is 2.37. The molecular formula is C46H35N3S. The number of para-hydroxylation sites is 3. The SMILES string of the molecule is CC1(C)c2cc(N(c3ccccc3)c3cccc(N(c4ccccc4)c4ccccc4)c3)ccc2-c2cc3sc(-c4ccccc4)nc3cc21. The van der Waals surface area contributed by atoms with Gasteiger partial charge in [0.25, 0.3) is 0 Å². The lowest BCUT2D eigenvalue weighted by atomic mass is 9.82. The van der Waals surface area contributed by atoms with Crippen LogP contribution >= 0.6 is 11.3 Å². The molecule has 0 aliphatic heterocycles. The predicted molar refractivity (Wildman–Crippen MR) is 212 cm³/mol. The lowest BCUT2D eigenvalue weighted by Gasteiger charge is -2.30. The quantitative estimate of drug-likeness (QED) is 0.169. The first-order valence-corrected chi connectivity index (χ1v) is 17.9. The largest absolute Gasteiger partial charge is 0.310 e. The summed E-state index contributed by atoms with van der Waals surface area (Å²) >= 11 is 1.77. The molecule has 0 radical (unpaired) electrons. The van der Waals surface area contributed by atoms with Crippen molar-refractivity contribution in [2.24, 2.45) is 0 Å². The van der Waals surface area contributed by atoms with Gasteiger partial charge in [-0.25, -0.2) is 4.98 Å². The van der Waals surface area contributed by atoms with E-state index in [4.69, 9.17) is 4.98 Å². The lowest BCUT2D eigenvalue weighted by Crippen LogP contribution is -2.17. The smallest absolute Gasteiger partial charge is 0.124 e. The number of thiazole rings is 1. The Morgan fingerprint density at radius 1 is 0.440 bits per heavy atom. The molecule has 9 rings (SSSR count). The zero-order valence-electron chi connectivity index (χ0n) is 28.0. The second kappa shape index (κ2) is 12.2. The molecule has 8 aromatic rings. The summed E-state index contributed by atoms with van der Waals surface area (Å²) in [6.07, 6.45) is 0. The van der Waals surface area contributed by atoms with Gasteiger partial charge in [-0.2, -0.15) is 0 Å². The van der Waals surface area contributed by atoms with Crippen LogP contribution in [0.3, 0.4) is 0 Å². The van der Waals surface area contributed by atoms with Crippen LogP contribution < -0.4 is 9.80 Å². The summed E-state index contributed by atoms with van der Waals surface area (Å²) < 4.78 is 1.22. The van der Waals surface area contributed by atoms with E-state index in [1.54, 1.807) is 11.3 Å². The van der Waals surface area contributed by atoms with Crippen LogP contribution in [-0.4, -0.2) is 4.98 Å². The second-order valence-corrected chi connectivity index (χ2v) is 14.3. The van der Waals surface area contributed by atoms with E-state index in [0.29, 0.717) is 0 Å². The van der Waals surface area contributed by atoms with Gasteiger partial charge < -0.3 is 9.80 Å². The maximum absolute atomic E-state index is 5.09. The van der Waals surface area contributed by atoms with E-state index in [1.807, 2.05) is 0 Å². The molecule has 0 amide bonds. The Hall–Kier alpha value is -5.97. The zero-order chi connectivity index (χ0) is 33.7. The van der Waals surface area contributed by atoms with Crippen LogP contribution in [0.2, 0.25) is 0 Å². The van der Waals surface area contributed by atoms with Gasteiger partial charge >= 0.3 is 0 Å². The van der Waals surface area contributed by atoms with Crippen molar-refractivity contribution >= 4 is 55.7 Å². The number of aromatic nitrogens is 1. The molecule has 4 heteroatoms. The van der Waals surface area contributed by atoms with Crippen molar-refractivity contribution < 1.29 is 0 Å². The van der Waals surface area contributed by atoms with Crippen molar-refractivity contribution in [2.45, 2.75) is 19.3 Å². The van der Waals surface area contributed by atoms with Crippen LogP contribution in [0, 0.1) is 0 Å². The lowest BCUT2D eigenvalue weighted by molar-refractivity contribution is 0.661. The normalized spacial score (nSPS) is 12.8. The molecule has 0 atom stereocenters. The summed E-state index contributed by atoms with van der Waals surface area (Å²) in [5, 5.41) is 1.07. The minimum atomic E-state index is -0.187. The number of nitrogens with zero attached hydrogens (tertiary/aromatic N) is 3. The number of hydrogen-bond acceptors (Lipinski definition) is 4. The fourth-order valence-electron chi connectivity index (χ4n) is 7.38. The van der Waals surface area contributed by atoms with Gasteiger partial charge in [0, 0.05) is 45.1 Å². The van der Waals surface area contributed by atoms with Crippen molar-refractivity contribution in [3.63, 3.8) is 0 Å². The minimum absolute atomic E-state index is 0.187. The molecule has 50 heavy (non-hydrogen) atoms. The molecule has 0 N–H and O–H groups in total. The molecule has 0 fully saturated rings. The monoisotopic (exact) mass is 661 g/mol. The number of benzene rings is 7. The van der Waals surface area contributed by atoms with E-state index in [0.717, 1.165) is 44.6 Å². The second-order valence-electron chi connectivity index (χ2n) is 13.3. The Balaban J connectivity index is 1.16. The minimum Gasteiger partial charge on any atom is -0.310 e. The Bertz CT molecular complexity index is 2410. The molecule has 0 saturated heterocycles. The van der Waals surface area contributed by atoms with Gasteiger partial charge in [0.2, 0.25) is 0 Å². The summed E-state index contributed by atoms with van der Waals surface area (Å²) in [4.78, 5) is 9.78. The highest BCUT2D eigenvalue weighted by atomic mass is 32.1. The van der Waals surface area contributed by atoms with Gasteiger partial charge in [0.1, 0.15) is 5.01 Å². The van der Waals surface area contributed by atoms with Gasteiger partial charge in [0.05, 0.1) is 10.2 Å². The van der Waals surface area contributed by atoms with Crippen LogP contribution in [0.1, 0.15) is 25.0 Å². The highest BCUT2D eigenvalue weighted by molar-refractivity contribution is 7.21. The average Bonchev–Trinajstić information content (AvgIpc) is 3.68. The fraction of sp³-hybridized carbons (Fsp3) is 0.0652. The topological polar surface area (TPSA) is 19.4 Å². The Kier molecular flexibility index (Phi) is 7.33. The van der Waals surface area contributed by atoms with Gasteiger partial charge in [-0.1, -0.05) is 111 Å². The van der Waals surface area contributed by atoms with E-state index >= 15 is 0 Å². The van der Waals surface area contributed by atoms with Gasteiger partial charge in [0.15, 0.2) is 0 Å². The average molecular weight is 662 g/mol. The molecule has 240 valence electrons. The van der Waals surface area contributed by atoms with Crippen molar-refractivity contribution in [1.29, 1.82) is 0 Å². The molecule has 0 bridgehead atoms. The number of fused-ring (bicyclic) bond motifs is 4. The molecule has 1 aliphatic carbocycles. The van der Waals surface area contributed by atoms with Crippen LogP contribution in [-0.2, 0) is 5.41 Å². The molecule has 3 nitrogen and oxygen atoms in total. The maximum atomic E-state index is 5.09. The number of hydrogen-bond donors (Lipinski definition) is 0. The standard InChI is InChI=1S/C46H35N3S/c1-46(2)41-29-38(26-27-39(41)40-30-44-43(31-42(40)46)47-45(50-44)32-16-7-3-8-17-32)49(35-22-13-6-14-23-35)37-25-15-24-36(28-37)48(33-18-9-4-10-19-33)34-20-11-5-12-21-34/h3-31H,1-2H3. The molecule has 0 unspecified atom stereocenters. The third kappa shape index (κ3) is 5.17. The predicted octanol–water partition coefficient (Wildman–Crippen LogP) is 13.2. The number of anilines is 6. The van der Waals surface area contributed by atoms with Crippen LogP contribution in [0.15, 0.2) is 176 Å². The van der Waals surface area contributed by atoms with Crippen LogP contribution in [0.4, 0.5) is 34.1 Å². The first-order valence-electron chi connectivity index (χ1n) is 17.1. The van der Waals surface area contributed by atoms with Crippen molar-refractivity contribution in [3.8, 4) is 21.7 Å². The Morgan fingerprint density at radius 2 is 0.920 bits per heavy atom. The molecule has 0 spiro atoms. The molecule has 1 aliphatic rings. The van der Waals surface area contributed by atoms with E-state index in [-0.39, 0.29) is 5.41 Å². The highest BCUT2D eigenvalue weighted by Crippen LogP contribution is 2.52. The van der Waals surface area contributed by atoms with Crippen molar-refractivity contribution in [2.75, 3.05) is 9.80 Å². The van der Waals surface area contributed by atoms with E-state index in [1.165, 1.54) is 32.5 Å². The molecular weight excluding hydrogens is 627 g/mol. The Labute approximate surface area is 297 Å². The van der Waals surface area contributed by atoms with Crippen molar-refractivity contribution in [3.05, 3.63) is 187 Å². The van der Waals surface area contributed by atoms with Gasteiger partial charge in [-0.15, -0.1) is 11.3 Å². The molecule has 7 aromatic carbocycles. The third-order valence-electron chi connectivity index (χ3n) is 9.84. The van der Waals surface area contributed by atoms with E-state index < -0.39 is 0 Å². The first-order chi connectivity index (χ1) is 24.5. The Morgan fingerprint density at radius 3 is 1.50 bits per heavy atom. The summed E-state index contributed by atoms with van der Waals surface area (Å²) in [6.45, 7) is 4.70. The summed E-state index contributed by atoms with van der Waals surface area (Å²) in [5.41, 5.74) is 14.0. The molecule has 1 heterocycles. The van der Waals surface area contributed by atoms with Gasteiger partial charge in [-0.05, 0) is 101 Å². The van der Waals surface area contributed by atoms with Crippen LogP contribution in [0.25, 0.3) is 31.9 Å². The summed E-state index contributed by atoms with van der Waals surface area (Å²) in [7, 11) is 0. The van der Waals surface area contributed by atoms with Crippen LogP contribution in [0.5, 0.6) is 0 Å².